The molecule has 3 rings (SSSR count). The zero-order chi connectivity index (χ0) is 20.1. The summed E-state index contributed by atoms with van der Waals surface area (Å²) < 4.78 is 0. The van der Waals surface area contributed by atoms with Crippen molar-refractivity contribution in [3.05, 3.63) is 70.7 Å². The lowest BCUT2D eigenvalue weighted by Crippen LogP contribution is -2.41. The number of halogens is 1. The number of amides is 1. The highest BCUT2D eigenvalue weighted by Gasteiger charge is 2.35. The Balaban J connectivity index is 1.75. The van der Waals surface area contributed by atoms with Crippen molar-refractivity contribution in [1.82, 2.24) is 5.32 Å². The number of rotatable bonds is 6. The van der Waals surface area contributed by atoms with Crippen LogP contribution in [-0.4, -0.2) is 12.5 Å². The van der Waals surface area contributed by atoms with Gasteiger partial charge in [-0.1, -0.05) is 81.3 Å². The summed E-state index contributed by atoms with van der Waals surface area (Å²) in [6.07, 6.45) is 3.41. The molecule has 4 atom stereocenters. The molecule has 2 aromatic rings. The SMILES string of the molecule is CC(C)[C@@H]1CC[C@@H](C)C[C@H]1C(=O)NCC(c1ccccc1)c1ccc(Cl)cc1. The monoisotopic (exact) mass is 397 g/mol. The molecule has 0 saturated heterocycles. The van der Waals surface area contributed by atoms with Gasteiger partial charge in [-0.3, -0.25) is 4.79 Å². The Kier molecular flexibility index (Phi) is 7.18. The van der Waals surface area contributed by atoms with Gasteiger partial charge in [-0.2, -0.15) is 0 Å². The Labute approximate surface area is 174 Å². The van der Waals surface area contributed by atoms with E-state index in [1.165, 1.54) is 17.5 Å². The van der Waals surface area contributed by atoms with Crippen LogP contribution in [0.1, 0.15) is 57.1 Å². The van der Waals surface area contributed by atoms with Crippen molar-refractivity contribution < 1.29 is 4.79 Å². The molecule has 2 aromatic carbocycles. The Morgan fingerprint density at radius 1 is 1.04 bits per heavy atom. The van der Waals surface area contributed by atoms with E-state index < -0.39 is 0 Å². The first kappa shape index (κ1) is 20.9. The van der Waals surface area contributed by atoms with Gasteiger partial charge in [0.15, 0.2) is 0 Å². The first-order valence-electron chi connectivity index (χ1n) is 10.5. The van der Waals surface area contributed by atoms with Gasteiger partial charge >= 0.3 is 0 Å². The molecule has 150 valence electrons. The first-order chi connectivity index (χ1) is 13.5. The van der Waals surface area contributed by atoms with E-state index >= 15 is 0 Å². The predicted molar refractivity (Wildman–Crippen MR) is 118 cm³/mol. The van der Waals surface area contributed by atoms with Gasteiger partial charge in [0.2, 0.25) is 5.91 Å². The van der Waals surface area contributed by atoms with E-state index in [0.29, 0.717) is 24.3 Å². The number of carbonyl (C=O) groups excluding carboxylic acids is 1. The van der Waals surface area contributed by atoms with Gasteiger partial charge in [0.25, 0.3) is 0 Å². The molecular weight excluding hydrogens is 366 g/mol. The van der Waals surface area contributed by atoms with Gasteiger partial charge in [-0.15, -0.1) is 0 Å². The summed E-state index contributed by atoms with van der Waals surface area (Å²) >= 11 is 6.08. The van der Waals surface area contributed by atoms with Gasteiger partial charge in [0.1, 0.15) is 0 Å². The highest BCUT2D eigenvalue weighted by Crippen LogP contribution is 2.38. The van der Waals surface area contributed by atoms with Crippen molar-refractivity contribution in [2.45, 2.75) is 46.0 Å². The van der Waals surface area contributed by atoms with Crippen LogP contribution < -0.4 is 5.32 Å². The average molecular weight is 398 g/mol. The molecule has 1 saturated carbocycles. The summed E-state index contributed by atoms with van der Waals surface area (Å²) in [6, 6.07) is 18.4. The van der Waals surface area contributed by atoms with Crippen molar-refractivity contribution in [1.29, 1.82) is 0 Å². The van der Waals surface area contributed by atoms with Crippen molar-refractivity contribution in [2.75, 3.05) is 6.54 Å². The van der Waals surface area contributed by atoms with Crippen LogP contribution in [0.5, 0.6) is 0 Å². The molecule has 1 fully saturated rings. The van der Waals surface area contributed by atoms with Gasteiger partial charge in [-0.05, 0) is 53.9 Å². The molecule has 1 unspecified atom stereocenters. The number of benzene rings is 2. The van der Waals surface area contributed by atoms with Gasteiger partial charge in [0.05, 0.1) is 0 Å². The van der Waals surface area contributed by atoms with E-state index in [1.54, 1.807) is 0 Å². The molecule has 1 amide bonds. The van der Waals surface area contributed by atoms with E-state index in [4.69, 9.17) is 11.6 Å². The van der Waals surface area contributed by atoms with Gasteiger partial charge in [-0.25, -0.2) is 0 Å². The number of hydrogen-bond donors (Lipinski definition) is 1. The minimum absolute atomic E-state index is 0.126. The highest BCUT2D eigenvalue weighted by atomic mass is 35.5. The lowest BCUT2D eigenvalue weighted by atomic mass is 9.69. The van der Waals surface area contributed by atoms with Crippen molar-refractivity contribution >= 4 is 17.5 Å². The van der Waals surface area contributed by atoms with Gasteiger partial charge < -0.3 is 5.32 Å². The zero-order valence-corrected chi connectivity index (χ0v) is 18.0. The van der Waals surface area contributed by atoms with Crippen LogP contribution in [0.15, 0.2) is 54.6 Å². The molecule has 0 heterocycles. The fourth-order valence-electron chi connectivity index (χ4n) is 4.65. The van der Waals surface area contributed by atoms with Crippen molar-refractivity contribution in [3.63, 3.8) is 0 Å². The van der Waals surface area contributed by atoms with E-state index in [0.717, 1.165) is 17.9 Å². The normalized spacial score (nSPS) is 23.4. The fourth-order valence-corrected chi connectivity index (χ4v) is 4.77. The summed E-state index contributed by atoms with van der Waals surface area (Å²) in [5, 5.41) is 4.03. The molecule has 3 heteroatoms. The maximum Gasteiger partial charge on any atom is 0.223 e. The molecule has 0 spiro atoms. The quantitative estimate of drug-likeness (QED) is 0.609. The Bertz CT molecular complexity index is 756. The van der Waals surface area contributed by atoms with Crippen LogP contribution in [-0.2, 0) is 4.79 Å². The van der Waals surface area contributed by atoms with Crippen molar-refractivity contribution in [2.24, 2.45) is 23.7 Å². The summed E-state index contributed by atoms with van der Waals surface area (Å²) in [5.74, 6) is 2.14. The number of nitrogens with one attached hydrogen (secondary N) is 1. The third-order valence-corrected chi connectivity index (χ3v) is 6.57. The summed E-state index contributed by atoms with van der Waals surface area (Å²) in [7, 11) is 0. The molecule has 0 bridgehead atoms. The minimum Gasteiger partial charge on any atom is -0.355 e. The lowest BCUT2D eigenvalue weighted by Gasteiger charge is -2.36. The summed E-state index contributed by atoms with van der Waals surface area (Å²) in [5.41, 5.74) is 2.39. The second-order valence-electron chi connectivity index (χ2n) is 8.69. The molecule has 1 aliphatic carbocycles. The molecular formula is C25H32ClNO. The molecule has 0 aliphatic heterocycles. The van der Waals surface area contributed by atoms with Gasteiger partial charge in [0, 0.05) is 23.4 Å². The molecule has 1 aliphatic rings. The Morgan fingerprint density at radius 2 is 1.68 bits per heavy atom. The Hall–Kier alpha value is -1.80. The minimum atomic E-state index is 0.126. The third-order valence-electron chi connectivity index (χ3n) is 6.31. The third kappa shape index (κ3) is 5.17. The summed E-state index contributed by atoms with van der Waals surface area (Å²) in [4.78, 5) is 13.1. The van der Waals surface area contributed by atoms with Crippen molar-refractivity contribution in [3.8, 4) is 0 Å². The average Bonchev–Trinajstić information content (AvgIpc) is 2.69. The predicted octanol–water partition coefficient (Wildman–Crippen LogP) is 6.30. The Morgan fingerprint density at radius 3 is 2.32 bits per heavy atom. The lowest BCUT2D eigenvalue weighted by molar-refractivity contribution is -0.129. The molecule has 2 nitrogen and oxygen atoms in total. The second kappa shape index (κ2) is 9.60. The smallest absolute Gasteiger partial charge is 0.223 e. The molecule has 0 radical (unpaired) electrons. The fraction of sp³-hybridized carbons (Fsp3) is 0.480. The van der Waals surface area contributed by atoms with Crippen LogP contribution >= 0.6 is 11.6 Å². The molecule has 28 heavy (non-hydrogen) atoms. The largest absolute Gasteiger partial charge is 0.355 e. The highest BCUT2D eigenvalue weighted by molar-refractivity contribution is 6.30. The molecule has 1 N–H and O–H groups in total. The number of carbonyl (C=O) groups is 1. The second-order valence-corrected chi connectivity index (χ2v) is 9.13. The van der Waals surface area contributed by atoms with Crippen LogP contribution in [0.2, 0.25) is 5.02 Å². The topological polar surface area (TPSA) is 29.1 Å². The molecule has 0 aromatic heterocycles. The van der Waals surface area contributed by atoms with Crippen LogP contribution in [0.3, 0.4) is 0 Å². The summed E-state index contributed by atoms with van der Waals surface area (Å²) in [6.45, 7) is 7.39. The maximum atomic E-state index is 13.1. The van der Waals surface area contributed by atoms with E-state index in [2.05, 4.69) is 62.5 Å². The first-order valence-corrected chi connectivity index (χ1v) is 10.9. The van der Waals surface area contributed by atoms with Crippen LogP contribution in [0, 0.1) is 23.7 Å². The standard InChI is InChI=1S/C25H32ClNO/c1-17(2)22-14-9-18(3)15-23(22)25(28)27-16-24(19-7-5-4-6-8-19)20-10-12-21(26)13-11-20/h4-8,10-13,17-18,22-24H,9,14-16H2,1-3H3,(H,27,28)/t18-,22+,23-,24?/m1/s1. The van der Waals surface area contributed by atoms with E-state index in [1.807, 2.05) is 18.2 Å². The van der Waals surface area contributed by atoms with Crippen LogP contribution in [0.25, 0.3) is 0 Å². The number of hydrogen-bond acceptors (Lipinski definition) is 1. The van der Waals surface area contributed by atoms with E-state index in [-0.39, 0.29) is 17.7 Å². The van der Waals surface area contributed by atoms with Crippen LogP contribution in [0.4, 0.5) is 0 Å². The van der Waals surface area contributed by atoms with E-state index in [9.17, 15) is 4.79 Å². The maximum absolute atomic E-state index is 13.1. The zero-order valence-electron chi connectivity index (χ0n) is 17.2.